The summed E-state index contributed by atoms with van der Waals surface area (Å²) in [6.45, 7) is 0. The Kier molecular flexibility index (Phi) is 2.28. The largest absolute Gasteiger partial charge is 0.373 e. The predicted octanol–water partition coefficient (Wildman–Crippen LogP) is 1.85. The van der Waals surface area contributed by atoms with Crippen LogP contribution in [0, 0.1) is 11.3 Å². The van der Waals surface area contributed by atoms with E-state index >= 15 is 0 Å². The lowest BCUT2D eigenvalue weighted by molar-refractivity contribution is 0.263. The van der Waals surface area contributed by atoms with E-state index in [-0.39, 0.29) is 0 Å². The number of alkyl halides is 1. The van der Waals surface area contributed by atoms with Crippen LogP contribution in [0.3, 0.4) is 0 Å². The third kappa shape index (κ3) is 1.48. The summed E-state index contributed by atoms with van der Waals surface area (Å²) in [6, 6.07) is 3.52. The molecule has 0 spiro atoms. The second kappa shape index (κ2) is 3.02. The number of aliphatic hydroxyl groups is 1. The molecule has 1 rings (SSSR count). The number of halogens is 1. The van der Waals surface area contributed by atoms with Crippen molar-refractivity contribution in [1.82, 2.24) is 0 Å². The molecule has 0 aliphatic carbocycles. The minimum atomic E-state index is -0.988. The lowest BCUT2D eigenvalue weighted by Gasteiger charge is -1.93. The second-order valence-corrected chi connectivity index (χ2v) is 3.02. The van der Waals surface area contributed by atoms with Gasteiger partial charge in [0.05, 0.1) is 0 Å². The molecule has 1 aromatic heterocycles. The van der Waals surface area contributed by atoms with E-state index in [1.807, 2.05) is 6.07 Å². The van der Waals surface area contributed by atoms with Crippen LogP contribution in [0.2, 0.25) is 0 Å². The molecule has 0 saturated carbocycles. The molecule has 0 fully saturated rings. The molecule has 0 aliphatic rings. The van der Waals surface area contributed by atoms with E-state index < -0.39 is 5.56 Å². The first-order chi connectivity index (χ1) is 4.74. The van der Waals surface area contributed by atoms with Crippen molar-refractivity contribution < 1.29 is 5.11 Å². The lowest BCUT2D eigenvalue weighted by Crippen LogP contribution is -1.81. The van der Waals surface area contributed by atoms with Crippen LogP contribution < -0.4 is 0 Å². The van der Waals surface area contributed by atoms with Gasteiger partial charge >= 0.3 is 0 Å². The molecular weight excluding hydrogens is 170 g/mol. The van der Waals surface area contributed by atoms with Gasteiger partial charge < -0.3 is 5.11 Å². The van der Waals surface area contributed by atoms with Crippen LogP contribution in [0.4, 0.5) is 0 Å². The third-order valence-corrected chi connectivity index (χ3v) is 2.11. The Labute approximate surface area is 67.3 Å². The summed E-state index contributed by atoms with van der Waals surface area (Å²) in [4.78, 5) is 0.565. The summed E-state index contributed by atoms with van der Waals surface area (Å²) in [5.41, 5.74) is -0.401. The molecular formula is C6H4ClNOS. The Morgan fingerprint density at radius 2 is 2.50 bits per heavy atom. The first kappa shape index (κ1) is 7.55. The highest BCUT2D eigenvalue weighted by Crippen LogP contribution is 2.22. The van der Waals surface area contributed by atoms with Crippen molar-refractivity contribution in [3.63, 3.8) is 0 Å². The van der Waals surface area contributed by atoms with E-state index in [0.29, 0.717) is 10.4 Å². The van der Waals surface area contributed by atoms with Gasteiger partial charge in [0.15, 0.2) is 5.56 Å². The van der Waals surface area contributed by atoms with Gasteiger partial charge in [0.2, 0.25) is 0 Å². The first-order valence-corrected chi connectivity index (χ1v) is 3.86. The van der Waals surface area contributed by atoms with Gasteiger partial charge in [-0.25, -0.2) is 0 Å². The van der Waals surface area contributed by atoms with Crippen molar-refractivity contribution in [1.29, 1.82) is 5.26 Å². The van der Waals surface area contributed by atoms with Crippen molar-refractivity contribution in [2.45, 2.75) is 5.56 Å². The molecule has 0 radical (unpaired) electrons. The smallest absolute Gasteiger partial charge is 0.154 e. The standard InChI is InChI=1S/C6H4ClNOS/c7-6(9)4-1-5(2-8)10-3-4/h1,3,6,9H. The van der Waals surface area contributed by atoms with Gasteiger partial charge in [-0.1, -0.05) is 11.6 Å². The summed E-state index contributed by atoms with van der Waals surface area (Å²) in [6.07, 6.45) is 0. The maximum Gasteiger partial charge on any atom is 0.154 e. The zero-order chi connectivity index (χ0) is 7.56. The van der Waals surface area contributed by atoms with E-state index in [1.54, 1.807) is 11.4 Å². The minimum absolute atomic E-state index is 0.565. The summed E-state index contributed by atoms with van der Waals surface area (Å²) >= 11 is 6.60. The summed E-state index contributed by atoms with van der Waals surface area (Å²) in [7, 11) is 0. The Bertz CT molecular complexity index is 263. The van der Waals surface area contributed by atoms with Crippen LogP contribution in [0.15, 0.2) is 11.4 Å². The fraction of sp³-hybridized carbons (Fsp3) is 0.167. The number of hydrogen-bond acceptors (Lipinski definition) is 3. The average molecular weight is 174 g/mol. The first-order valence-electron chi connectivity index (χ1n) is 2.54. The van der Waals surface area contributed by atoms with Gasteiger partial charge in [0, 0.05) is 5.56 Å². The number of nitrogens with zero attached hydrogens (tertiary/aromatic N) is 1. The normalized spacial score (nSPS) is 12.5. The van der Waals surface area contributed by atoms with E-state index in [1.165, 1.54) is 11.3 Å². The minimum Gasteiger partial charge on any atom is -0.373 e. The quantitative estimate of drug-likeness (QED) is 0.659. The zero-order valence-corrected chi connectivity index (χ0v) is 6.49. The van der Waals surface area contributed by atoms with Crippen LogP contribution in [-0.2, 0) is 0 Å². The van der Waals surface area contributed by atoms with Crippen LogP contribution in [0.1, 0.15) is 16.0 Å². The molecule has 0 aromatic carbocycles. The summed E-state index contributed by atoms with van der Waals surface area (Å²) < 4.78 is 0. The molecule has 1 atom stereocenters. The molecule has 4 heteroatoms. The average Bonchev–Trinajstić information content (AvgIpc) is 2.34. The molecule has 0 aliphatic heterocycles. The topological polar surface area (TPSA) is 44.0 Å². The van der Waals surface area contributed by atoms with Crippen molar-refractivity contribution in [3.8, 4) is 6.07 Å². The van der Waals surface area contributed by atoms with Gasteiger partial charge in [0.1, 0.15) is 10.9 Å². The number of hydrogen-bond donors (Lipinski definition) is 1. The molecule has 2 nitrogen and oxygen atoms in total. The van der Waals surface area contributed by atoms with Gasteiger partial charge in [-0.3, -0.25) is 0 Å². The van der Waals surface area contributed by atoms with Crippen LogP contribution in [0.25, 0.3) is 0 Å². The molecule has 0 amide bonds. The highest BCUT2D eigenvalue weighted by atomic mass is 35.5. The number of rotatable bonds is 1. The second-order valence-electron chi connectivity index (χ2n) is 1.69. The van der Waals surface area contributed by atoms with E-state index in [9.17, 15) is 0 Å². The summed E-state index contributed by atoms with van der Waals surface area (Å²) in [5, 5.41) is 18.8. The van der Waals surface area contributed by atoms with Crippen molar-refractivity contribution >= 4 is 22.9 Å². The predicted molar refractivity (Wildman–Crippen MR) is 39.8 cm³/mol. The Morgan fingerprint density at radius 1 is 1.80 bits per heavy atom. The fourth-order valence-corrected chi connectivity index (χ4v) is 1.45. The van der Waals surface area contributed by atoms with Gasteiger partial charge in [-0.15, -0.1) is 11.3 Å². The van der Waals surface area contributed by atoms with Crippen LogP contribution >= 0.6 is 22.9 Å². The molecule has 0 bridgehead atoms. The lowest BCUT2D eigenvalue weighted by atomic mass is 10.3. The molecule has 10 heavy (non-hydrogen) atoms. The van der Waals surface area contributed by atoms with Crippen molar-refractivity contribution in [2.75, 3.05) is 0 Å². The highest BCUT2D eigenvalue weighted by molar-refractivity contribution is 7.10. The SMILES string of the molecule is N#Cc1cc(C(O)Cl)cs1. The van der Waals surface area contributed by atoms with Crippen LogP contribution in [0.5, 0.6) is 0 Å². The zero-order valence-electron chi connectivity index (χ0n) is 4.91. The Balaban J connectivity index is 2.91. The Morgan fingerprint density at radius 3 is 2.80 bits per heavy atom. The summed E-state index contributed by atoms with van der Waals surface area (Å²) in [5.74, 6) is 0. The highest BCUT2D eigenvalue weighted by Gasteiger charge is 2.04. The van der Waals surface area contributed by atoms with Gasteiger partial charge in [0.25, 0.3) is 0 Å². The van der Waals surface area contributed by atoms with Crippen molar-refractivity contribution in [2.24, 2.45) is 0 Å². The molecule has 1 aromatic rings. The number of aliphatic hydroxyl groups excluding tert-OH is 1. The van der Waals surface area contributed by atoms with Crippen LogP contribution in [-0.4, -0.2) is 5.11 Å². The maximum atomic E-state index is 8.80. The number of thiophene rings is 1. The fourth-order valence-electron chi connectivity index (χ4n) is 0.534. The number of nitriles is 1. The Hall–Kier alpha value is -0.560. The molecule has 1 N–H and O–H groups in total. The monoisotopic (exact) mass is 173 g/mol. The molecule has 0 saturated heterocycles. The third-order valence-electron chi connectivity index (χ3n) is 1.00. The van der Waals surface area contributed by atoms with Gasteiger partial charge in [-0.05, 0) is 11.4 Å². The van der Waals surface area contributed by atoms with E-state index in [0.717, 1.165) is 0 Å². The van der Waals surface area contributed by atoms with Crippen molar-refractivity contribution in [3.05, 3.63) is 21.9 Å². The molecule has 1 heterocycles. The molecule has 1 unspecified atom stereocenters. The van der Waals surface area contributed by atoms with E-state index in [2.05, 4.69) is 0 Å². The molecule has 52 valence electrons. The maximum absolute atomic E-state index is 8.80. The van der Waals surface area contributed by atoms with E-state index in [4.69, 9.17) is 22.0 Å². The van der Waals surface area contributed by atoms with Gasteiger partial charge in [-0.2, -0.15) is 5.26 Å².